The molecule has 0 unspecified atom stereocenters. The summed E-state index contributed by atoms with van der Waals surface area (Å²) in [7, 11) is 0. The molecule has 1 heterocycles. The van der Waals surface area contributed by atoms with E-state index in [1.165, 1.54) is 0 Å². The zero-order valence-electron chi connectivity index (χ0n) is 7.98. The summed E-state index contributed by atoms with van der Waals surface area (Å²) in [6, 6.07) is 0. The Morgan fingerprint density at radius 2 is 2.21 bits per heavy atom. The minimum atomic E-state index is -0.981. The zero-order chi connectivity index (χ0) is 11.0. The summed E-state index contributed by atoms with van der Waals surface area (Å²) in [6.07, 6.45) is 2.46. The molecule has 0 atom stereocenters. The molecule has 0 spiro atoms. The highest BCUT2D eigenvalue weighted by molar-refractivity contribution is 5.78. The van der Waals surface area contributed by atoms with E-state index in [1.54, 1.807) is 4.90 Å². The van der Waals surface area contributed by atoms with Gasteiger partial charge in [0.25, 0.3) is 0 Å². The van der Waals surface area contributed by atoms with Gasteiger partial charge in [0.05, 0.1) is 6.61 Å². The number of rotatable bonds is 3. The third-order valence-electron chi connectivity index (χ3n) is 1.72. The molecule has 0 aliphatic carbocycles. The normalized spacial score (nSPS) is 14.6. The van der Waals surface area contributed by atoms with E-state index in [9.17, 15) is 9.59 Å². The maximum Gasteiger partial charge on any atom is 0.327 e. The van der Waals surface area contributed by atoms with Crippen molar-refractivity contribution in [2.24, 2.45) is 0 Å². The summed E-state index contributed by atoms with van der Waals surface area (Å²) < 4.78 is 0. The fourth-order valence-corrected chi connectivity index (χ4v) is 1.06. The van der Waals surface area contributed by atoms with Crippen molar-refractivity contribution < 1.29 is 19.8 Å². The number of aliphatic carboxylic acids is 1. The molecule has 0 aromatic carbocycles. The van der Waals surface area contributed by atoms with Crippen LogP contribution in [-0.4, -0.2) is 46.7 Å². The van der Waals surface area contributed by atoms with E-state index in [-0.39, 0.29) is 12.5 Å². The Morgan fingerprint density at radius 3 is 2.50 bits per heavy atom. The number of nitrogens with zero attached hydrogens (tertiary/aromatic N) is 1. The summed E-state index contributed by atoms with van der Waals surface area (Å²) in [4.78, 5) is 21.7. The van der Waals surface area contributed by atoms with E-state index >= 15 is 0 Å². The molecule has 1 saturated heterocycles. The molecular formula is C9H15NO4. The van der Waals surface area contributed by atoms with Gasteiger partial charge >= 0.3 is 5.97 Å². The highest BCUT2D eigenvalue weighted by atomic mass is 16.4. The Bertz CT molecular complexity index is 215. The maximum atomic E-state index is 10.8. The number of β-amino-alcohol motifs (C(OH)–C–C–N with tert-alkyl or cyclic N) is 1. The number of amides is 1. The Kier molecular flexibility index (Phi) is 6.39. The number of hydrogen-bond acceptors (Lipinski definition) is 3. The topological polar surface area (TPSA) is 77.8 Å². The van der Waals surface area contributed by atoms with Crippen LogP contribution in [0.2, 0.25) is 0 Å². The first-order chi connectivity index (χ1) is 6.61. The van der Waals surface area contributed by atoms with Crippen molar-refractivity contribution in [3.63, 3.8) is 0 Å². The number of hydrogen-bond donors (Lipinski definition) is 2. The van der Waals surface area contributed by atoms with Crippen molar-refractivity contribution >= 4 is 11.9 Å². The minimum Gasteiger partial charge on any atom is -0.478 e. The van der Waals surface area contributed by atoms with Gasteiger partial charge in [-0.25, -0.2) is 4.79 Å². The van der Waals surface area contributed by atoms with E-state index in [1.807, 2.05) is 0 Å². The van der Waals surface area contributed by atoms with E-state index in [4.69, 9.17) is 10.2 Å². The smallest absolute Gasteiger partial charge is 0.327 e. The Morgan fingerprint density at radius 1 is 1.64 bits per heavy atom. The van der Waals surface area contributed by atoms with E-state index in [0.717, 1.165) is 19.0 Å². The van der Waals surface area contributed by atoms with Gasteiger partial charge in [0, 0.05) is 25.6 Å². The molecule has 5 heteroatoms. The fraction of sp³-hybridized carbons (Fsp3) is 0.556. The van der Waals surface area contributed by atoms with E-state index in [0.29, 0.717) is 13.0 Å². The molecule has 0 radical (unpaired) electrons. The van der Waals surface area contributed by atoms with Crippen molar-refractivity contribution in [3.05, 3.63) is 12.7 Å². The molecule has 1 amide bonds. The van der Waals surface area contributed by atoms with Crippen LogP contribution in [0, 0.1) is 0 Å². The van der Waals surface area contributed by atoms with Gasteiger partial charge in [-0.05, 0) is 6.42 Å². The fourth-order valence-electron chi connectivity index (χ4n) is 1.06. The summed E-state index contributed by atoms with van der Waals surface area (Å²) in [5.74, 6) is -0.797. The molecule has 1 rings (SSSR count). The predicted octanol–water partition coefficient (Wildman–Crippen LogP) is -0.142. The van der Waals surface area contributed by atoms with Gasteiger partial charge in [-0.3, -0.25) is 4.79 Å². The maximum absolute atomic E-state index is 10.8. The Balaban J connectivity index is 0.000000292. The number of likely N-dealkylation sites (tertiary alicyclic amines) is 1. The molecule has 5 nitrogen and oxygen atoms in total. The molecule has 0 aromatic rings. The van der Waals surface area contributed by atoms with Crippen molar-refractivity contribution in [2.75, 3.05) is 19.7 Å². The van der Waals surface area contributed by atoms with Gasteiger partial charge in [-0.1, -0.05) is 6.58 Å². The highest BCUT2D eigenvalue weighted by Crippen LogP contribution is 2.07. The van der Waals surface area contributed by atoms with Gasteiger partial charge in [0.1, 0.15) is 0 Å². The van der Waals surface area contributed by atoms with Gasteiger partial charge in [0.2, 0.25) is 5.91 Å². The van der Waals surface area contributed by atoms with Gasteiger partial charge in [-0.15, -0.1) is 0 Å². The largest absolute Gasteiger partial charge is 0.478 e. The SMILES string of the molecule is C=CC(=O)O.O=C1CCCN1CCO. The standard InChI is InChI=1S/C6H11NO2.C3H4O2/c8-5-4-7-3-1-2-6(7)9;1-2-3(4)5/h8H,1-5H2;2H,1H2,(H,4,5). The van der Waals surface area contributed by atoms with E-state index in [2.05, 4.69) is 6.58 Å². The third-order valence-corrected chi connectivity index (χ3v) is 1.72. The number of carboxylic acid groups (broad SMARTS) is 1. The first-order valence-electron chi connectivity index (χ1n) is 4.35. The lowest BCUT2D eigenvalue weighted by atomic mass is 10.4. The zero-order valence-corrected chi connectivity index (χ0v) is 7.98. The molecular weight excluding hydrogens is 186 g/mol. The first kappa shape index (κ1) is 12.6. The predicted molar refractivity (Wildman–Crippen MR) is 50.7 cm³/mol. The van der Waals surface area contributed by atoms with Crippen LogP contribution in [0.15, 0.2) is 12.7 Å². The second-order valence-electron chi connectivity index (χ2n) is 2.75. The molecule has 0 saturated carbocycles. The summed E-state index contributed by atoms with van der Waals surface area (Å²) >= 11 is 0. The van der Waals surface area contributed by atoms with Crippen LogP contribution in [0.3, 0.4) is 0 Å². The molecule has 1 fully saturated rings. The molecule has 1 aliphatic rings. The van der Waals surface area contributed by atoms with Crippen molar-refractivity contribution in [2.45, 2.75) is 12.8 Å². The average Bonchev–Trinajstić information content (AvgIpc) is 2.54. The van der Waals surface area contributed by atoms with Crippen LogP contribution in [0.5, 0.6) is 0 Å². The Hall–Kier alpha value is -1.36. The van der Waals surface area contributed by atoms with Crippen LogP contribution in [0.1, 0.15) is 12.8 Å². The highest BCUT2D eigenvalue weighted by Gasteiger charge is 2.18. The van der Waals surface area contributed by atoms with Crippen LogP contribution in [-0.2, 0) is 9.59 Å². The third kappa shape index (κ3) is 5.31. The lowest BCUT2D eigenvalue weighted by molar-refractivity contribution is -0.131. The Labute approximate surface area is 82.6 Å². The molecule has 1 aliphatic heterocycles. The molecule has 2 N–H and O–H groups in total. The van der Waals surface area contributed by atoms with Crippen LogP contribution in [0.4, 0.5) is 0 Å². The summed E-state index contributed by atoms with van der Waals surface area (Å²) in [5.41, 5.74) is 0. The number of carbonyl (C=O) groups is 2. The number of aliphatic hydroxyl groups excluding tert-OH is 1. The summed E-state index contributed by atoms with van der Waals surface area (Å²) in [5, 5.41) is 16.1. The molecule has 0 aromatic heterocycles. The second kappa shape index (κ2) is 7.08. The van der Waals surface area contributed by atoms with Crippen LogP contribution in [0.25, 0.3) is 0 Å². The first-order valence-corrected chi connectivity index (χ1v) is 4.35. The molecule has 0 bridgehead atoms. The number of carbonyl (C=O) groups excluding carboxylic acids is 1. The minimum absolute atomic E-state index is 0.0890. The molecule has 80 valence electrons. The van der Waals surface area contributed by atoms with Gasteiger partial charge < -0.3 is 15.1 Å². The van der Waals surface area contributed by atoms with Crippen molar-refractivity contribution in [1.29, 1.82) is 0 Å². The van der Waals surface area contributed by atoms with Crippen LogP contribution >= 0.6 is 0 Å². The average molecular weight is 201 g/mol. The molecule has 14 heavy (non-hydrogen) atoms. The quantitative estimate of drug-likeness (QED) is 0.623. The second-order valence-corrected chi connectivity index (χ2v) is 2.75. The number of carboxylic acids is 1. The monoisotopic (exact) mass is 201 g/mol. The van der Waals surface area contributed by atoms with E-state index < -0.39 is 5.97 Å². The van der Waals surface area contributed by atoms with Crippen LogP contribution < -0.4 is 0 Å². The summed E-state index contributed by atoms with van der Waals surface area (Å²) in [6.45, 7) is 4.40. The number of aliphatic hydroxyl groups is 1. The van der Waals surface area contributed by atoms with Gasteiger partial charge in [-0.2, -0.15) is 0 Å². The van der Waals surface area contributed by atoms with Crippen molar-refractivity contribution in [1.82, 2.24) is 4.90 Å². The lowest BCUT2D eigenvalue weighted by Gasteiger charge is -2.11. The lowest BCUT2D eigenvalue weighted by Crippen LogP contribution is -2.27. The van der Waals surface area contributed by atoms with Crippen molar-refractivity contribution in [3.8, 4) is 0 Å². The van der Waals surface area contributed by atoms with Gasteiger partial charge in [0.15, 0.2) is 0 Å².